The van der Waals surface area contributed by atoms with Gasteiger partial charge in [-0.2, -0.15) is 0 Å². The molecule has 1 N–H and O–H groups in total. The van der Waals surface area contributed by atoms with Crippen LogP contribution in [0, 0.1) is 0 Å². The summed E-state index contributed by atoms with van der Waals surface area (Å²) < 4.78 is 5.71. The summed E-state index contributed by atoms with van der Waals surface area (Å²) in [6.07, 6.45) is 7.72. The minimum absolute atomic E-state index is 0.377. The zero-order valence-electron chi connectivity index (χ0n) is 12.1. The molecule has 1 aromatic rings. The maximum Gasteiger partial charge on any atom is 0.0750 e. The van der Waals surface area contributed by atoms with Crippen LogP contribution in [0.1, 0.15) is 31.7 Å². The van der Waals surface area contributed by atoms with E-state index in [1.807, 2.05) is 12.4 Å². The molecule has 1 atom stereocenters. The lowest BCUT2D eigenvalue weighted by Gasteiger charge is -2.24. The molecular weight excluding hydrogens is 238 g/mol. The highest BCUT2D eigenvalue weighted by molar-refractivity contribution is 5.51. The molecule has 1 aliphatic rings. The van der Waals surface area contributed by atoms with Gasteiger partial charge in [0.1, 0.15) is 0 Å². The number of likely N-dealkylation sites (N-methyl/N-ethyl adjacent to an activating group) is 1. The summed E-state index contributed by atoms with van der Waals surface area (Å²) in [5.74, 6) is 0. The summed E-state index contributed by atoms with van der Waals surface area (Å²) in [7, 11) is 2.13. The standard InChI is InChI=1S/C15H25N3O/c1-3-7-16-10-13-6-8-17-11-15(13)18(2)12-14-5-4-9-19-14/h6,8,11,14,16H,3-5,7,9-10,12H2,1-2H3. The van der Waals surface area contributed by atoms with E-state index in [1.165, 1.54) is 24.1 Å². The molecule has 2 rings (SSSR count). The largest absolute Gasteiger partial charge is 0.376 e. The highest BCUT2D eigenvalue weighted by Gasteiger charge is 2.18. The number of nitrogens with zero attached hydrogens (tertiary/aromatic N) is 2. The average Bonchev–Trinajstić information content (AvgIpc) is 2.92. The maximum atomic E-state index is 5.71. The molecule has 1 saturated heterocycles. The van der Waals surface area contributed by atoms with Gasteiger partial charge in [0.2, 0.25) is 0 Å². The predicted molar refractivity (Wildman–Crippen MR) is 78.5 cm³/mol. The Morgan fingerprint density at radius 1 is 1.53 bits per heavy atom. The van der Waals surface area contributed by atoms with Crippen molar-refractivity contribution in [2.45, 2.75) is 38.8 Å². The van der Waals surface area contributed by atoms with Crippen molar-refractivity contribution < 1.29 is 4.74 Å². The summed E-state index contributed by atoms with van der Waals surface area (Å²) in [4.78, 5) is 6.53. The lowest BCUT2D eigenvalue weighted by molar-refractivity contribution is 0.116. The lowest BCUT2D eigenvalue weighted by Crippen LogP contribution is -2.30. The Bertz CT molecular complexity index is 377. The molecule has 4 heteroatoms. The SMILES string of the molecule is CCCNCc1ccncc1N(C)CC1CCCO1. The number of aromatic nitrogens is 1. The van der Waals surface area contributed by atoms with Crippen LogP contribution in [-0.4, -0.2) is 37.8 Å². The molecule has 1 aliphatic heterocycles. The fourth-order valence-corrected chi connectivity index (χ4v) is 2.50. The van der Waals surface area contributed by atoms with Gasteiger partial charge in [0.15, 0.2) is 0 Å². The molecule has 0 aliphatic carbocycles. The second-order valence-electron chi connectivity index (χ2n) is 5.20. The van der Waals surface area contributed by atoms with Crippen LogP contribution < -0.4 is 10.2 Å². The van der Waals surface area contributed by atoms with Gasteiger partial charge in [-0.05, 0) is 37.4 Å². The average molecular weight is 263 g/mol. The van der Waals surface area contributed by atoms with Crippen LogP contribution >= 0.6 is 0 Å². The summed E-state index contributed by atoms with van der Waals surface area (Å²) in [5, 5.41) is 3.45. The van der Waals surface area contributed by atoms with Gasteiger partial charge in [0.25, 0.3) is 0 Å². The first-order valence-electron chi connectivity index (χ1n) is 7.27. The van der Waals surface area contributed by atoms with Crippen molar-refractivity contribution in [3.8, 4) is 0 Å². The summed E-state index contributed by atoms with van der Waals surface area (Å²) in [6, 6.07) is 2.10. The zero-order valence-corrected chi connectivity index (χ0v) is 12.1. The predicted octanol–water partition coefficient (Wildman–Crippen LogP) is 2.20. The number of nitrogens with one attached hydrogen (secondary N) is 1. The minimum Gasteiger partial charge on any atom is -0.376 e. The van der Waals surface area contributed by atoms with Crippen LogP contribution in [0.25, 0.3) is 0 Å². The van der Waals surface area contributed by atoms with Crippen molar-refractivity contribution in [1.82, 2.24) is 10.3 Å². The second kappa shape index (κ2) is 7.46. The highest BCUT2D eigenvalue weighted by Crippen LogP contribution is 2.20. The first kappa shape index (κ1) is 14.3. The Hall–Kier alpha value is -1.13. The topological polar surface area (TPSA) is 37.4 Å². The molecule has 0 bridgehead atoms. The summed E-state index contributed by atoms with van der Waals surface area (Å²) >= 11 is 0. The number of ether oxygens (including phenoxy) is 1. The summed E-state index contributed by atoms with van der Waals surface area (Å²) in [5.41, 5.74) is 2.52. The highest BCUT2D eigenvalue weighted by atomic mass is 16.5. The van der Waals surface area contributed by atoms with Crippen LogP contribution in [0.15, 0.2) is 18.5 Å². The number of rotatable bonds is 7. The molecule has 0 spiro atoms. The van der Waals surface area contributed by atoms with Crippen molar-refractivity contribution in [2.75, 3.05) is 31.6 Å². The fraction of sp³-hybridized carbons (Fsp3) is 0.667. The first-order chi connectivity index (χ1) is 9.31. The summed E-state index contributed by atoms with van der Waals surface area (Å²) in [6.45, 7) is 6.01. The van der Waals surface area contributed by atoms with E-state index in [0.29, 0.717) is 6.10 Å². The number of anilines is 1. The quantitative estimate of drug-likeness (QED) is 0.765. The van der Waals surface area contributed by atoms with E-state index in [0.717, 1.165) is 32.7 Å². The van der Waals surface area contributed by atoms with E-state index in [-0.39, 0.29) is 0 Å². The third-order valence-electron chi connectivity index (χ3n) is 3.54. The Kier molecular flexibility index (Phi) is 5.61. The monoisotopic (exact) mass is 263 g/mol. The van der Waals surface area contributed by atoms with E-state index in [4.69, 9.17) is 4.74 Å². The molecule has 4 nitrogen and oxygen atoms in total. The number of hydrogen-bond donors (Lipinski definition) is 1. The van der Waals surface area contributed by atoms with Crippen LogP contribution in [0.3, 0.4) is 0 Å². The van der Waals surface area contributed by atoms with Crippen molar-refractivity contribution >= 4 is 5.69 Å². The van der Waals surface area contributed by atoms with Crippen molar-refractivity contribution in [3.05, 3.63) is 24.0 Å². The smallest absolute Gasteiger partial charge is 0.0750 e. The molecular formula is C15H25N3O. The van der Waals surface area contributed by atoms with Gasteiger partial charge in [-0.3, -0.25) is 4.98 Å². The Balaban J connectivity index is 1.96. The molecule has 106 valence electrons. The van der Waals surface area contributed by atoms with Gasteiger partial charge in [-0.15, -0.1) is 0 Å². The molecule has 0 saturated carbocycles. The second-order valence-corrected chi connectivity index (χ2v) is 5.20. The Labute approximate surface area is 116 Å². The fourth-order valence-electron chi connectivity index (χ4n) is 2.50. The van der Waals surface area contributed by atoms with Gasteiger partial charge in [-0.1, -0.05) is 6.92 Å². The van der Waals surface area contributed by atoms with Gasteiger partial charge in [0, 0.05) is 32.9 Å². The van der Waals surface area contributed by atoms with Crippen LogP contribution in [0.2, 0.25) is 0 Å². The molecule has 0 aromatic carbocycles. The number of pyridine rings is 1. The molecule has 0 amide bonds. The van der Waals surface area contributed by atoms with Gasteiger partial charge in [0.05, 0.1) is 18.0 Å². The third kappa shape index (κ3) is 4.18. The maximum absolute atomic E-state index is 5.71. The zero-order chi connectivity index (χ0) is 13.5. The van der Waals surface area contributed by atoms with Crippen LogP contribution in [-0.2, 0) is 11.3 Å². The molecule has 1 fully saturated rings. The van der Waals surface area contributed by atoms with Gasteiger partial charge >= 0.3 is 0 Å². The van der Waals surface area contributed by atoms with E-state index in [9.17, 15) is 0 Å². The van der Waals surface area contributed by atoms with Crippen molar-refractivity contribution in [1.29, 1.82) is 0 Å². The lowest BCUT2D eigenvalue weighted by atomic mass is 10.2. The molecule has 1 aromatic heterocycles. The molecule has 2 heterocycles. The van der Waals surface area contributed by atoms with E-state index < -0.39 is 0 Å². The van der Waals surface area contributed by atoms with Crippen LogP contribution in [0.5, 0.6) is 0 Å². The normalized spacial score (nSPS) is 18.7. The van der Waals surface area contributed by atoms with E-state index in [2.05, 4.69) is 35.2 Å². The minimum atomic E-state index is 0.377. The van der Waals surface area contributed by atoms with Gasteiger partial charge in [-0.25, -0.2) is 0 Å². The van der Waals surface area contributed by atoms with E-state index in [1.54, 1.807) is 0 Å². The van der Waals surface area contributed by atoms with Crippen molar-refractivity contribution in [2.24, 2.45) is 0 Å². The first-order valence-corrected chi connectivity index (χ1v) is 7.27. The third-order valence-corrected chi connectivity index (χ3v) is 3.54. The Morgan fingerprint density at radius 3 is 3.16 bits per heavy atom. The molecule has 0 radical (unpaired) electrons. The van der Waals surface area contributed by atoms with E-state index >= 15 is 0 Å². The molecule has 19 heavy (non-hydrogen) atoms. The van der Waals surface area contributed by atoms with Gasteiger partial charge < -0.3 is 15.0 Å². The number of hydrogen-bond acceptors (Lipinski definition) is 4. The van der Waals surface area contributed by atoms with Crippen LogP contribution in [0.4, 0.5) is 5.69 Å². The molecule has 1 unspecified atom stereocenters. The Morgan fingerprint density at radius 2 is 2.42 bits per heavy atom. The van der Waals surface area contributed by atoms with Crippen molar-refractivity contribution in [3.63, 3.8) is 0 Å².